The SMILES string of the molecule is CN1CCN(CCCOc2cccc(-c3cc(C(=O)N4CNC(C=O)C4)nn3-c3cccc(Cl)c3)c2)CC1. The summed E-state index contributed by atoms with van der Waals surface area (Å²) in [5.74, 6) is 0.533. The number of piperazine rings is 1. The van der Waals surface area contributed by atoms with Crippen LogP contribution in [-0.2, 0) is 4.79 Å². The van der Waals surface area contributed by atoms with Crippen molar-refractivity contribution in [3.05, 3.63) is 65.3 Å². The van der Waals surface area contributed by atoms with Crippen LogP contribution in [0.4, 0.5) is 0 Å². The maximum atomic E-state index is 13.2. The summed E-state index contributed by atoms with van der Waals surface area (Å²) in [7, 11) is 2.16. The number of carbonyl (C=O) groups is 2. The molecular weight excluding hydrogens is 504 g/mol. The van der Waals surface area contributed by atoms with Gasteiger partial charge in [0.1, 0.15) is 12.0 Å². The highest BCUT2D eigenvalue weighted by Crippen LogP contribution is 2.29. The predicted molar refractivity (Wildman–Crippen MR) is 147 cm³/mol. The van der Waals surface area contributed by atoms with Crippen LogP contribution in [0.5, 0.6) is 5.75 Å². The van der Waals surface area contributed by atoms with Gasteiger partial charge in [-0.2, -0.15) is 5.10 Å². The van der Waals surface area contributed by atoms with Gasteiger partial charge in [0.05, 0.1) is 30.7 Å². The summed E-state index contributed by atoms with van der Waals surface area (Å²) >= 11 is 6.27. The van der Waals surface area contributed by atoms with E-state index in [-0.39, 0.29) is 11.9 Å². The van der Waals surface area contributed by atoms with E-state index in [0.29, 0.717) is 30.5 Å². The molecule has 0 aliphatic carbocycles. The van der Waals surface area contributed by atoms with Gasteiger partial charge in [0, 0.05) is 49.9 Å². The Morgan fingerprint density at radius 1 is 1.13 bits per heavy atom. The predicted octanol–water partition coefficient (Wildman–Crippen LogP) is 2.78. The highest BCUT2D eigenvalue weighted by Gasteiger charge is 2.28. The second-order valence-corrected chi connectivity index (χ2v) is 10.3. The van der Waals surface area contributed by atoms with Crippen LogP contribution in [0, 0.1) is 0 Å². The van der Waals surface area contributed by atoms with E-state index in [4.69, 9.17) is 16.3 Å². The Labute approximate surface area is 227 Å². The van der Waals surface area contributed by atoms with E-state index in [1.54, 1.807) is 21.7 Å². The van der Waals surface area contributed by atoms with E-state index < -0.39 is 0 Å². The molecule has 2 saturated heterocycles. The Morgan fingerprint density at radius 3 is 2.71 bits per heavy atom. The lowest BCUT2D eigenvalue weighted by Crippen LogP contribution is -2.44. The van der Waals surface area contributed by atoms with Crippen LogP contribution < -0.4 is 10.1 Å². The summed E-state index contributed by atoms with van der Waals surface area (Å²) in [5, 5.41) is 8.25. The van der Waals surface area contributed by atoms with Crippen LogP contribution >= 0.6 is 11.6 Å². The average molecular weight is 537 g/mol. The molecule has 10 heteroatoms. The number of benzene rings is 2. The lowest BCUT2D eigenvalue weighted by atomic mass is 10.1. The molecule has 2 fully saturated rings. The molecule has 1 amide bonds. The molecule has 5 rings (SSSR count). The van der Waals surface area contributed by atoms with Crippen molar-refractivity contribution in [3.8, 4) is 22.7 Å². The second-order valence-electron chi connectivity index (χ2n) is 9.81. The molecule has 1 aromatic heterocycles. The molecule has 1 atom stereocenters. The first kappa shape index (κ1) is 26.4. The summed E-state index contributed by atoms with van der Waals surface area (Å²) in [6.45, 7) is 6.70. The van der Waals surface area contributed by atoms with Crippen LogP contribution in [0.15, 0.2) is 54.6 Å². The van der Waals surface area contributed by atoms with Crippen molar-refractivity contribution in [3.63, 3.8) is 0 Å². The molecule has 3 heterocycles. The molecule has 0 radical (unpaired) electrons. The van der Waals surface area contributed by atoms with Gasteiger partial charge in [-0.3, -0.25) is 10.1 Å². The minimum atomic E-state index is -0.362. The van der Waals surface area contributed by atoms with Gasteiger partial charge in [-0.25, -0.2) is 4.68 Å². The Morgan fingerprint density at radius 2 is 1.95 bits per heavy atom. The lowest BCUT2D eigenvalue weighted by Gasteiger charge is -2.32. The number of halogens is 1. The van der Waals surface area contributed by atoms with Crippen molar-refractivity contribution >= 4 is 23.8 Å². The quantitative estimate of drug-likeness (QED) is 0.332. The van der Waals surface area contributed by atoms with Crippen molar-refractivity contribution in [2.75, 3.05) is 59.6 Å². The zero-order chi connectivity index (χ0) is 26.5. The smallest absolute Gasteiger partial charge is 0.275 e. The summed E-state index contributed by atoms with van der Waals surface area (Å²) in [6.07, 6.45) is 1.78. The summed E-state index contributed by atoms with van der Waals surface area (Å²) in [4.78, 5) is 30.8. The van der Waals surface area contributed by atoms with E-state index in [1.807, 2.05) is 42.5 Å². The molecule has 2 aromatic carbocycles. The number of amides is 1. The summed E-state index contributed by atoms with van der Waals surface area (Å²) in [5.41, 5.74) is 2.66. The van der Waals surface area contributed by atoms with Gasteiger partial charge < -0.3 is 24.2 Å². The van der Waals surface area contributed by atoms with E-state index >= 15 is 0 Å². The third-order valence-electron chi connectivity index (χ3n) is 7.01. The molecule has 2 aliphatic heterocycles. The fourth-order valence-electron chi connectivity index (χ4n) is 4.79. The average Bonchev–Trinajstić information content (AvgIpc) is 3.60. The zero-order valence-electron chi connectivity index (χ0n) is 21.6. The van der Waals surface area contributed by atoms with Crippen molar-refractivity contribution in [2.45, 2.75) is 12.5 Å². The number of hydrogen-bond acceptors (Lipinski definition) is 7. The maximum absolute atomic E-state index is 13.2. The molecular formula is C28H33ClN6O3. The van der Waals surface area contributed by atoms with Gasteiger partial charge in [0.15, 0.2) is 5.69 Å². The number of aromatic nitrogens is 2. The maximum Gasteiger partial charge on any atom is 0.275 e. The molecule has 9 nitrogen and oxygen atoms in total. The van der Waals surface area contributed by atoms with Gasteiger partial charge in [-0.1, -0.05) is 29.8 Å². The van der Waals surface area contributed by atoms with Crippen LogP contribution in [-0.4, -0.2) is 102 Å². The number of ether oxygens (including phenoxy) is 1. The first-order valence-corrected chi connectivity index (χ1v) is 13.4. The highest BCUT2D eigenvalue weighted by molar-refractivity contribution is 6.30. The van der Waals surface area contributed by atoms with E-state index in [2.05, 4.69) is 27.3 Å². The number of carbonyl (C=O) groups excluding carboxylic acids is 2. The van der Waals surface area contributed by atoms with E-state index in [0.717, 1.165) is 68.1 Å². The third kappa shape index (κ3) is 6.24. The lowest BCUT2D eigenvalue weighted by molar-refractivity contribution is -0.109. The van der Waals surface area contributed by atoms with Gasteiger partial charge >= 0.3 is 0 Å². The van der Waals surface area contributed by atoms with Crippen LogP contribution in [0.25, 0.3) is 16.9 Å². The standard InChI is InChI=1S/C28H33ClN6O3/c1-32-10-12-33(13-11-32)9-4-14-38-25-8-2-5-21(15-25)27-17-26(28(37)34-18-23(19-36)30-20-34)31-35(27)24-7-3-6-22(29)16-24/h2-3,5-8,15-17,19,23,30H,4,9-14,18,20H2,1H3. The fourth-order valence-corrected chi connectivity index (χ4v) is 4.98. The number of nitrogens with zero attached hydrogens (tertiary/aromatic N) is 5. The van der Waals surface area contributed by atoms with Gasteiger partial charge in [-0.15, -0.1) is 0 Å². The van der Waals surface area contributed by atoms with Crippen molar-refractivity contribution < 1.29 is 14.3 Å². The Hall–Kier alpha value is -3.24. The number of nitrogens with one attached hydrogen (secondary N) is 1. The Bertz CT molecular complexity index is 1270. The molecule has 0 bridgehead atoms. The normalized spacial score (nSPS) is 18.6. The number of likely N-dealkylation sites (N-methyl/N-ethyl adjacent to an activating group) is 1. The first-order valence-electron chi connectivity index (χ1n) is 13.0. The second kappa shape index (κ2) is 12.1. The van der Waals surface area contributed by atoms with Gasteiger partial charge in [0.2, 0.25) is 0 Å². The number of rotatable bonds is 9. The van der Waals surface area contributed by atoms with Gasteiger partial charge in [-0.05, 0) is 49.9 Å². The molecule has 38 heavy (non-hydrogen) atoms. The molecule has 2 aliphatic rings. The van der Waals surface area contributed by atoms with Crippen molar-refractivity contribution in [1.82, 2.24) is 29.8 Å². The molecule has 1 N–H and O–H groups in total. The molecule has 0 spiro atoms. The Balaban J connectivity index is 1.33. The minimum Gasteiger partial charge on any atom is -0.494 e. The van der Waals surface area contributed by atoms with Crippen molar-refractivity contribution in [1.29, 1.82) is 0 Å². The number of aldehydes is 1. The highest BCUT2D eigenvalue weighted by atomic mass is 35.5. The molecule has 3 aromatic rings. The van der Waals surface area contributed by atoms with Crippen LogP contribution in [0.2, 0.25) is 5.02 Å². The summed E-state index contributed by atoms with van der Waals surface area (Å²) < 4.78 is 7.83. The summed E-state index contributed by atoms with van der Waals surface area (Å²) in [6, 6.07) is 16.6. The molecule has 1 unspecified atom stereocenters. The van der Waals surface area contributed by atoms with Crippen LogP contribution in [0.3, 0.4) is 0 Å². The number of hydrogen-bond donors (Lipinski definition) is 1. The van der Waals surface area contributed by atoms with Gasteiger partial charge in [0.25, 0.3) is 5.91 Å². The third-order valence-corrected chi connectivity index (χ3v) is 7.24. The van der Waals surface area contributed by atoms with Crippen LogP contribution in [0.1, 0.15) is 16.9 Å². The van der Waals surface area contributed by atoms with E-state index in [1.165, 1.54) is 0 Å². The Kier molecular flexibility index (Phi) is 8.38. The first-order chi connectivity index (χ1) is 18.5. The molecule has 200 valence electrons. The van der Waals surface area contributed by atoms with E-state index in [9.17, 15) is 9.59 Å². The monoisotopic (exact) mass is 536 g/mol. The fraction of sp³-hybridized carbons (Fsp3) is 0.393. The molecule has 0 saturated carbocycles. The topological polar surface area (TPSA) is 82.9 Å². The zero-order valence-corrected chi connectivity index (χ0v) is 22.3. The van der Waals surface area contributed by atoms with Crippen molar-refractivity contribution in [2.24, 2.45) is 0 Å². The largest absolute Gasteiger partial charge is 0.494 e. The minimum absolute atomic E-state index is 0.236.